The summed E-state index contributed by atoms with van der Waals surface area (Å²) in [5.41, 5.74) is 2.89. The van der Waals surface area contributed by atoms with Crippen LogP contribution in [0.15, 0.2) is 48.5 Å². The third-order valence-corrected chi connectivity index (χ3v) is 3.49. The van der Waals surface area contributed by atoms with Crippen molar-refractivity contribution in [3.05, 3.63) is 59.7 Å². The molecule has 1 aliphatic rings. The number of fused-ring (bicyclic) bond motifs is 1. The normalized spacial score (nSPS) is 15.9. The largest absolute Gasteiger partial charge is 0.478 e. The maximum Gasteiger partial charge on any atom is 0.335 e. The van der Waals surface area contributed by atoms with E-state index in [0.717, 1.165) is 11.3 Å². The van der Waals surface area contributed by atoms with Gasteiger partial charge in [-0.2, -0.15) is 0 Å². The summed E-state index contributed by atoms with van der Waals surface area (Å²) < 4.78 is 0. The first kappa shape index (κ1) is 13.2. The molecule has 1 heterocycles. The van der Waals surface area contributed by atoms with E-state index in [0.29, 0.717) is 12.1 Å². The fraction of sp³-hybridized carbons (Fsp3) is 0.125. The molecule has 0 spiro atoms. The Balaban J connectivity index is 1.66. The number of nitrogens with one attached hydrogen (secondary N) is 2. The molecule has 1 atom stereocenters. The molecule has 3 N–H and O–H groups in total. The van der Waals surface area contributed by atoms with E-state index < -0.39 is 5.97 Å². The third kappa shape index (κ3) is 2.72. The van der Waals surface area contributed by atoms with Gasteiger partial charge in [-0.15, -0.1) is 0 Å². The molecule has 3 rings (SSSR count). The summed E-state index contributed by atoms with van der Waals surface area (Å²) in [5, 5.41) is 14.8. The van der Waals surface area contributed by atoms with Crippen molar-refractivity contribution in [1.82, 2.24) is 0 Å². The molecule has 1 aliphatic heterocycles. The van der Waals surface area contributed by atoms with Gasteiger partial charge >= 0.3 is 5.97 Å². The van der Waals surface area contributed by atoms with Gasteiger partial charge in [-0.25, -0.2) is 4.79 Å². The highest BCUT2D eigenvalue weighted by molar-refractivity contribution is 5.98. The summed E-state index contributed by atoms with van der Waals surface area (Å²) in [6.45, 7) is 0. The highest BCUT2D eigenvalue weighted by Gasteiger charge is 2.26. The van der Waals surface area contributed by atoms with Gasteiger partial charge in [0.2, 0.25) is 5.91 Å². The molecule has 5 heteroatoms. The van der Waals surface area contributed by atoms with Crippen LogP contribution in [0.5, 0.6) is 0 Å². The van der Waals surface area contributed by atoms with E-state index in [1.54, 1.807) is 12.1 Å². The van der Waals surface area contributed by atoms with Crippen molar-refractivity contribution in [3.8, 4) is 0 Å². The second kappa shape index (κ2) is 5.28. The minimum Gasteiger partial charge on any atom is -0.478 e. The highest BCUT2D eigenvalue weighted by atomic mass is 16.4. The molecule has 0 aromatic heterocycles. The van der Waals surface area contributed by atoms with Crippen LogP contribution in [0.1, 0.15) is 15.9 Å². The van der Waals surface area contributed by atoms with Crippen molar-refractivity contribution in [2.24, 2.45) is 0 Å². The van der Waals surface area contributed by atoms with Crippen LogP contribution in [0.2, 0.25) is 0 Å². The van der Waals surface area contributed by atoms with E-state index >= 15 is 0 Å². The van der Waals surface area contributed by atoms with E-state index in [4.69, 9.17) is 5.11 Å². The van der Waals surface area contributed by atoms with Crippen molar-refractivity contribution in [1.29, 1.82) is 0 Å². The predicted octanol–water partition coefficient (Wildman–Crippen LogP) is 2.36. The summed E-state index contributed by atoms with van der Waals surface area (Å²) in [6, 6.07) is 13.6. The first-order valence-corrected chi connectivity index (χ1v) is 6.62. The minimum atomic E-state index is -0.985. The van der Waals surface area contributed by atoms with Gasteiger partial charge in [0.05, 0.1) is 5.56 Å². The number of carbonyl (C=O) groups is 2. The molecule has 1 unspecified atom stereocenters. The number of rotatable bonds is 3. The van der Waals surface area contributed by atoms with Crippen LogP contribution >= 0.6 is 0 Å². The molecule has 0 bridgehead atoms. The third-order valence-electron chi connectivity index (χ3n) is 3.49. The number of hydrogen-bond donors (Lipinski definition) is 3. The summed E-state index contributed by atoms with van der Waals surface area (Å²) in [5.74, 6) is -1.12. The maximum atomic E-state index is 12.2. The number of benzene rings is 2. The standard InChI is InChI=1S/C16H14N2O3/c19-15(14-9-11-3-1-2-4-13(11)18-14)17-12-7-5-10(6-8-12)16(20)21/h1-8,14,18H,9H2,(H,17,19)(H,20,21). The molecule has 0 radical (unpaired) electrons. The minimum absolute atomic E-state index is 0.130. The summed E-state index contributed by atoms with van der Waals surface area (Å²) in [6.07, 6.45) is 0.648. The smallest absolute Gasteiger partial charge is 0.335 e. The number of para-hydroxylation sites is 1. The predicted molar refractivity (Wildman–Crippen MR) is 79.6 cm³/mol. The lowest BCUT2D eigenvalue weighted by molar-refractivity contribution is -0.116. The molecular formula is C16H14N2O3. The first-order chi connectivity index (χ1) is 10.1. The molecule has 0 fully saturated rings. The van der Waals surface area contributed by atoms with Gasteiger partial charge in [-0.3, -0.25) is 4.79 Å². The Morgan fingerprint density at radius 1 is 1.10 bits per heavy atom. The van der Waals surface area contributed by atoms with Crippen molar-refractivity contribution in [3.63, 3.8) is 0 Å². The van der Waals surface area contributed by atoms with Gasteiger partial charge in [0.1, 0.15) is 6.04 Å². The quantitative estimate of drug-likeness (QED) is 0.807. The highest BCUT2D eigenvalue weighted by Crippen LogP contribution is 2.25. The van der Waals surface area contributed by atoms with Crippen LogP contribution in [-0.4, -0.2) is 23.0 Å². The molecule has 0 saturated carbocycles. The van der Waals surface area contributed by atoms with Crippen LogP contribution in [0.3, 0.4) is 0 Å². The number of carboxylic acid groups (broad SMARTS) is 1. The molecule has 106 valence electrons. The lowest BCUT2D eigenvalue weighted by Gasteiger charge is -2.12. The molecule has 1 amide bonds. The Labute approximate surface area is 121 Å². The molecule has 2 aromatic rings. The topological polar surface area (TPSA) is 78.4 Å². The fourth-order valence-corrected chi connectivity index (χ4v) is 2.38. The summed E-state index contributed by atoms with van der Waals surface area (Å²) in [4.78, 5) is 23.0. The zero-order valence-electron chi connectivity index (χ0n) is 11.2. The summed E-state index contributed by atoms with van der Waals surface area (Å²) in [7, 11) is 0. The monoisotopic (exact) mass is 282 g/mol. The van der Waals surface area contributed by atoms with E-state index in [1.807, 2.05) is 24.3 Å². The SMILES string of the molecule is O=C(O)c1ccc(NC(=O)C2Cc3ccccc3N2)cc1. The zero-order valence-corrected chi connectivity index (χ0v) is 11.2. The fourth-order valence-electron chi connectivity index (χ4n) is 2.38. The molecule has 0 aliphatic carbocycles. The van der Waals surface area contributed by atoms with Gasteiger partial charge in [0.15, 0.2) is 0 Å². The number of aromatic carboxylic acids is 1. The Hall–Kier alpha value is -2.82. The first-order valence-electron chi connectivity index (χ1n) is 6.62. The van der Waals surface area contributed by atoms with Crippen LogP contribution in [0.4, 0.5) is 11.4 Å². The molecule has 0 saturated heterocycles. The lowest BCUT2D eigenvalue weighted by Crippen LogP contribution is -2.32. The van der Waals surface area contributed by atoms with Gasteiger partial charge in [0.25, 0.3) is 0 Å². The number of amides is 1. The van der Waals surface area contributed by atoms with Crippen LogP contribution in [-0.2, 0) is 11.2 Å². The van der Waals surface area contributed by atoms with Gasteiger partial charge in [-0.1, -0.05) is 18.2 Å². The Morgan fingerprint density at radius 3 is 2.48 bits per heavy atom. The number of carboxylic acids is 1. The second-order valence-electron chi connectivity index (χ2n) is 4.93. The Bertz CT molecular complexity index is 670. The molecule has 5 nitrogen and oxygen atoms in total. The van der Waals surface area contributed by atoms with Crippen molar-refractivity contribution >= 4 is 23.3 Å². The summed E-state index contributed by atoms with van der Waals surface area (Å²) >= 11 is 0. The number of carbonyl (C=O) groups excluding carboxylic acids is 1. The molecular weight excluding hydrogens is 268 g/mol. The van der Waals surface area contributed by atoms with E-state index in [-0.39, 0.29) is 17.5 Å². The Kier molecular flexibility index (Phi) is 3.31. The van der Waals surface area contributed by atoms with Crippen molar-refractivity contribution < 1.29 is 14.7 Å². The number of hydrogen-bond acceptors (Lipinski definition) is 3. The molecule has 2 aromatic carbocycles. The number of anilines is 2. The van der Waals surface area contributed by atoms with Crippen molar-refractivity contribution in [2.45, 2.75) is 12.5 Å². The molecule has 21 heavy (non-hydrogen) atoms. The van der Waals surface area contributed by atoms with Gasteiger partial charge in [0, 0.05) is 17.8 Å². The van der Waals surface area contributed by atoms with Crippen LogP contribution < -0.4 is 10.6 Å². The Morgan fingerprint density at radius 2 is 1.81 bits per heavy atom. The van der Waals surface area contributed by atoms with Crippen molar-refractivity contribution in [2.75, 3.05) is 10.6 Å². The average Bonchev–Trinajstić information content (AvgIpc) is 2.92. The van der Waals surface area contributed by atoms with Gasteiger partial charge in [-0.05, 0) is 35.9 Å². The van der Waals surface area contributed by atoms with E-state index in [1.165, 1.54) is 12.1 Å². The zero-order chi connectivity index (χ0) is 14.8. The average molecular weight is 282 g/mol. The van der Waals surface area contributed by atoms with Crippen LogP contribution in [0.25, 0.3) is 0 Å². The van der Waals surface area contributed by atoms with E-state index in [2.05, 4.69) is 10.6 Å². The van der Waals surface area contributed by atoms with Gasteiger partial charge < -0.3 is 15.7 Å². The lowest BCUT2D eigenvalue weighted by atomic mass is 10.1. The maximum absolute atomic E-state index is 12.2. The van der Waals surface area contributed by atoms with Crippen LogP contribution in [0, 0.1) is 0 Å². The second-order valence-corrected chi connectivity index (χ2v) is 4.93. The van der Waals surface area contributed by atoms with E-state index in [9.17, 15) is 9.59 Å².